The van der Waals surface area contributed by atoms with Gasteiger partial charge in [-0.3, -0.25) is 0 Å². The average molecular weight is 302 g/mol. The van der Waals surface area contributed by atoms with E-state index in [-0.39, 0.29) is 17.7 Å². The Balaban J connectivity index is 2.23. The van der Waals surface area contributed by atoms with Gasteiger partial charge in [-0.1, -0.05) is 26.7 Å². The summed E-state index contributed by atoms with van der Waals surface area (Å²) in [6.45, 7) is 4.29. The molecule has 0 amide bonds. The molecule has 3 atom stereocenters. The van der Waals surface area contributed by atoms with Gasteiger partial charge in [0.15, 0.2) is 0 Å². The molecule has 1 aliphatic rings. The van der Waals surface area contributed by atoms with Gasteiger partial charge < -0.3 is 10.7 Å². The number of anilines is 2. The number of nitrogen functional groups attached to an aromatic ring is 1. The number of alkyl halides is 3. The lowest BCUT2D eigenvalue weighted by atomic mass is 9.78. The fourth-order valence-electron chi connectivity index (χ4n) is 2.82. The third-order valence-corrected chi connectivity index (χ3v) is 4.34. The molecule has 7 heteroatoms. The number of hydrogen-bond acceptors (Lipinski definition) is 4. The first-order valence-electron chi connectivity index (χ1n) is 7.13. The summed E-state index contributed by atoms with van der Waals surface area (Å²) in [6.07, 6.45) is -1.25. The minimum Gasteiger partial charge on any atom is -0.367 e. The van der Waals surface area contributed by atoms with Crippen LogP contribution < -0.4 is 16.6 Å². The number of pyridine rings is 1. The lowest BCUT2D eigenvalue weighted by Gasteiger charge is -2.35. The number of hydrazine groups is 1. The van der Waals surface area contributed by atoms with Crippen LogP contribution in [0.1, 0.15) is 38.7 Å². The van der Waals surface area contributed by atoms with Crippen molar-refractivity contribution in [1.82, 2.24) is 4.98 Å². The molecule has 118 valence electrons. The molecular formula is C14H21F3N4. The molecule has 0 aromatic carbocycles. The van der Waals surface area contributed by atoms with E-state index in [4.69, 9.17) is 5.84 Å². The van der Waals surface area contributed by atoms with Gasteiger partial charge in [-0.2, -0.15) is 13.2 Å². The summed E-state index contributed by atoms with van der Waals surface area (Å²) in [5.41, 5.74) is 1.43. The second-order valence-electron chi connectivity index (χ2n) is 5.79. The van der Waals surface area contributed by atoms with Crippen LogP contribution in [0.2, 0.25) is 0 Å². The zero-order valence-corrected chi connectivity index (χ0v) is 12.2. The van der Waals surface area contributed by atoms with Crippen LogP contribution in [0.25, 0.3) is 0 Å². The molecule has 21 heavy (non-hydrogen) atoms. The Morgan fingerprint density at radius 3 is 2.48 bits per heavy atom. The fraction of sp³-hybridized carbons (Fsp3) is 0.643. The third-order valence-electron chi connectivity index (χ3n) is 4.34. The summed E-state index contributed by atoms with van der Waals surface area (Å²) < 4.78 is 38.6. The van der Waals surface area contributed by atoms with E-state index in [9.17, 15) is 13.2 Å². The minimum atomic E-state index is -4.42. The zero-order valence-electron chi connectivity index (χ0n) is 12.2. The monoisotopic (exact) mass is 302 g/mol. The van der Waals surface area contributed by atoms with E-state index < -0.39 is 11.7 Å². The molecule has 1 aromatic rings. The van der Waals surface area contributed by atoms with Gasteiger partial charge in [-0.05, 0) is 30.4 Å². The maximum atomic E-state index is 12.9. The summed E-state index contributed by atoms with van der Waals surface area (Å²) in [4.78, 5) is 4.07. The summed E-state index contributed by atoms with van der Waals surface area (Å²) in [7, 11) is 0. The molecule has 1 fully saturated rings. The Kier molecular flexibility index (Phi) is 4.61. The highest BCUT2D eigenvalue weighted by Crippen LogP contribution is 2.34. The zero-order chi connectivity index (χ0) is 15.6. The Labute approximate surface area is 122 Å². The van der Waals surface area contributed by atoms with Crippen LogP contribution in [0, 0.1) is 11.8 Å². The van der Waals surface area contributed by atoms with Gasteiger partial charge in [0.25, 0.3) is 0 Å². The van der Waals surface area contributed by atoms with Gasteiger partial charge in [0, 0.05) is 6.04 Å². The summed E-state index contributed by atoms with van der Waals surface area (Å²) in [5.74, 6) is 6.36. The number of aromatic nitrogens is 1. The van der Waals surface area contributed by atoms with Crippen molar-refractivity contribution >= 4 is 11.6 Å². The first kappa shape index (κ1) is 15.9. The smallest absolute Gasteiger partial charge is 0.367 e. The third kappa shape index (κ3) is 3.78. The molecule has 0 radical (unpaired) electrons. The Morgan fingerprint density at radius 1 is 1.19 bits per heavy atom. The molecule has 1 saturated carbocycles. The second-order valence-corrected chi connectivity index (χ2v) is 5.79. The number of hydrogen-bond donors (Lipinski definition) is 3. The molecule has 0 aliphatic heterocycles. The Bertz CT molecular complexity index is 490. The first-order valence-corrected chi connectivity index (χ1v) is 7.13. The Morgan fingerprint density at radius 2 is 1.86 bits per heavy atom. The highest BCUT2D eigenvalue weighted by molar-refractivity contribution is 5.49. The topological polar surface area (TPSA) is 63.0 Å². The SMILES string of the molecule is CC1CCCC(Nc2cc(C(F)(F)F)cc(NN)n2)C1C. The second kappa shape index (κ2) is 6.09. The van der Waals surface area contributed by atoms with E-state index in [1.807, 2.05) is 0 Å². The summed E-state index contributed by atoms with van der Waals surface area (Å²) in [6, 6.07) is 2.07. The van der Waals surface area contributed by atoms with Crippen molar-refractivity contribution in [1.29, 1.82) is 0 Å². The lowest BCUT2D eigenvalue weighted by molar-refractivity contribution is -0.137. The molecule has 1 aromatic heterocycles. The van der Waals surface area contributed by atoms with Crippen molar-refractivity contribution < 1.29 is 13.2 Å². The maximum absolute atomic E-state index is 12.9. The number of nitrogens with two attached hydrogens (primary N) is 1. The van der Waals surface area contributed by atoms with Crippen molar-refractivity contribution in [2.45, 2.75) is 45.3 Å². The average Bonchev–Trinajstić information content (AvgIpc) is 2.42. The van der Waals surface area contributed by atoms with Crippen LogP contribution in [-0.2, 0) is 6.18 Å². The molecular weight excluding hydrogens is 281 g/mol. The highest BCUT2D eigenvalue weighted by atomic mass is 19.4. The van der Waals surface area contributed by atoms with Crippen molar-refractivity contribution in [2.24, 2.45) is 17.7 Å². The lowest BCUT2D eigenvalue weighted by Crippen LogP contribution is -2.35. The van der Waals surface area contributed by atoms with Gasteiger partial charge in [0.2, 0.25) is 0 Å². The van der Waals surface area contributed by atoms with E-state index in [2.05, 4.69) is 29.6 Å². The van der Waals surface area contributed by atoms with E-state index in [0.29, 0.717) is 11.8 Å². The van der Waals surface area contributed by atoms with Crippen LogP contribution in [0.15, 0.2) is 12.1 Å². The van der Waals surface area contributed by atoms with Gasteiger partial charge in [-0.15, -0.1) is 0 Å². The van der Waals surface area contributed by atoms with E-state index in [1.165, 1.54) is 0 Å². The molecule has 0 spiro atoms. The van der Waals surface area contributed by atoms with E-state index in [1.54, 1.807) is 0 Å². The molecule has 2 rings (SSSR count). The van der Waals surface area contributed by atoms with Gasteiger partial charge >= 0.3 is 6.18 Å². The maximum Gasteiger partial charge on any atom is 0.416 e. The Hall–Kier alpha value is -1.50. The van der Waals surface area contributed by atoms with Gasteiger partial charge in [0.05, 0.1) is 5.56 Å². The number of nitrogens with one attached hydrogen (secondary N) is 2. The molecule has 4 N–H and O–H groups in total. The number of rotatable bonds is 3. The van der Waals surface area contributed by atoms with Crippen molar-refractivity contribution in [3.05, 3.63) is 17.7 Å². The van der Waals surface area contributed by atoms with Crippen molar-refractivity contribution in [3.63, 3.8) is 0 Å². The summed E-state index contributed by atoms with van der Waals surface area (Å²) >= 11 is 0. The van der Waals surface area contributed by atoms with Crippen LogP contribution >= 0.6 is 0 Å². The van der Waals surface area contributed by atoms with Crippen LogP contribution in [0.3, 0.4) is 0 Å². The van der Waals surface area contributed by atoms with Crippen LogP contribution in [0.5, 0.6) is 0 Å². The van der Waals surface area contributed by atoms with Crippen molar-refractivity contribution in [2.75, 3.05) is 10.7 Å². The fourth-order valence-corrected chi connectivity index (χ4v) is 2.82. The van der Waals surface area contributed by atoms with Gasteiger partial charge in [0.1, 0.15) is 11.6 Å². The first-order chi connectivity index (χ1) is 9.81. The highest BCUT2D eigenvalue weighted by Gasteiger charge is 2.32. The summed E-state index contributed by atoms with van der Waals surface area (Å²) in [5, 5.41) is 3.14. The van der Waals surface area contributed by atoms with Crippen LogP contribution in [0.4, 0.5) is 24.8 Å². The molecule has 3 unspecified atom stereocenters. The predicted octanol–water partition coefficient (Wildman–Crippen LogP) is 3.62. The predicted molar refractivity (Wildman–Crippen MR) is 76.6 cm³/mol. The van der Waals surface area contributed by atoms with Gasteiger partial charge in [-0.25, -0.2) is 10.8 Å². The van der Waals surface area contributed by atoms with Crippen LogP contribution in [-0.4, -0.2) is 11.0 Å². The quantitative estimate of drug-likeness (QED) is 0.589. The molecule has 4 nitrogen and oxygen atoms in total. The number of halogens is 3. The standard InChI is InChI=1S/C14H21F3N4/c1-8-4-3-5-11(9(8)2)19-12-6-10(14(15,16)17)7-13(20-12)21-18/h6-9,11H,3-5,18H2,1-2H3,(H2,19,20,21). The van der Waals surface area contributed by atoms with E-state index >= 15 is 0 Å². The van der Waals surface area contributed by atoms with Crippen molar-refractivity contribution in [3.8, 4) is 0 Å². The molecule has 0 bridgehead atoms. The molecule has 1 aliphatic carbocycles. The molecule has 0 saturated heterocycles. The molecule has 1 heterocycles. The van der Waals surface area contributed by atoms with E-state index in [0.717, 1.165) is 31.4 Å². The minimum absolute atomic E-state index is 0.00355. The number of nitrogens with zero attached hydrogens (tertiary/aromatic N) is 1. The normalized spacial score (nSPS) is 26.5. The largest absolute Gasteiger partial charge is 0.416 e.